The van der Waals surface area contributed by atoms with E-state index in [2.05, 4.69) is 0 Å². The quantitative estimate of drug-likeness (QED) is 0.498. The predicted molar refractivity (Wildman–Crippen MR) is 93.6 cm³/mol. The lowest BCUT2D eigenvalue weighted by Gasteiger charge is -2.16. The molecule has 140 valence electrons. The van der Waals surface area contributed by atoms with Gasteiger partial charge in [0.25, 0.3) is 0 Å². The highest BCUT2D eigenvalue weighted by Crippen LogP contribution is 2.31. The van der Waals surface area contributed by atoms with E-state index in [-0.39, 0.29) is 30.1 Å². The fourth-order valence-corrected chi connectivity index (χ4v) is 2.37. The van der Waals surface area contributed by atoms with Gasteiger partial charge < -0.3 is 14.2 Å². The van der Waals surface area contributed by atoms with Gasteiger partial charge in [-0.15, -0.1) is 0 Å². The molecule has 0 aliphatic carbocycles. The number of halogens is 2. The molecule has 2 rings (SSSR count). The number of hydrogen-bond donors (Lipinski definition) is 0. The fraction of sp³-hybridized carbons (Fsp3) is 0.350. The highest BCUT2D eigenvalue weighted by Gasteiger charge is 2.16. The van der Waals surface area contributed by atoms with Crippen molar-refractivity contribution in [2.75, 3.05) is 6.61 Å². The normalized spacial score (nSPS) is 10.5. The Balaban J connectivity index is 2.30. The van der Waals surface area contributed by atoms with Gasteiger partial charge in [-0.2, -0.15) is 0 Å². The van der Waals surface area contributed by atoms with Gasteiger partial charge in [0.15, 0.2) is 11.6 Å². The standard InChI is InChI=1S/C20H22F2O4/c1-4-13-10-16(22)19(11-15(13)21)25-12-14-17(24-6-3)8-7-9-18(14)26-20(23)5-2/h7-11H,4-6,12H2,1-3H3. The summed E-state index contributed by atoms with van der Waals surface area (Å²) in [5.41, 5.74) is 0.734. The number of esters is 1. The zero-order chi connectivity index (χ0) is 19.1. The Labute approximate surface area is 151 Å². The first kappa shape index (κ1) is 19.7. The molecule has 0 aliphatic heterocycles. The Morgan fingerprint density at radius 3 is 2.35 bits per heavy atom. The van der Waals surface area contributed by atoms with Crippen molar-refractivity contribution in [1.29, 1.82) is 0 Å². The third-order valence-corrected chi connectivity index (χ3v) is 3.76. The molecule has 0 atom stereocenters. The first-order valence-electron chi connectivity index (χ1n) is 8.56. The number of aryl methyl sites for hydroxylation is 1. The van der Waals surface area contributed by atoms with Gasteiger partial charge in [-0.1, -0.05) is 19.9 Å². The summed E-state index contributed by atoms with van der Waals surface area (Å²) in [5.74, 6) is -1.07. The molecule has 26 heavy (non-hydrogen) atoms. The molecule has 6 heteroatoms. The lowest BCUT2D eigenvalue weighted by atomic mass is 10.1. The average molecular weight is 364 g/mol. The van der Waals surface area contributed by atoms with Crippen molar-refractivity contribution in [2.24, 2.45) is 0 Å². The molecule has 0 fully saturated rings. The average Bonchev–Trinajstić information content (AvgIpc) is 2.63. The van der Waals surface area contributed by atoms with Gasteiger partial charge in [0.2, 0.25) is 0 Å². The monoisotopic (exact) mass is 364 g/mol. The maximum Gasteiger partial charge on any atom is 0.310 e. The van der Waals surface area contributed by atoms with E-state index in [9.17, 15) is 13.6 Å². The molecule has 2 aromatic carbocycles. The molecule has 2 aromatic rings. The molecule has 0 aliphatic rings. The van der Waals surface area contributed by atoms with Crippen LogP contribution in [0.5, 0.6) is 17.2 Å². The molecule has 0 spiro atoms. The van der Waals surface area contributed by atoms with E-state index in [0.717, 1.165) is 12.1 Å². The Morgan fingerprint density at radius 2 is 1.69 bits per heavy atom. The van der Waals surface area contributed by atoms with Crippen LogP contribution in [0.25, 0.3) is 0 Å². The molecular weight excluding hydrogens is 342 g/mol. The smallest absolute Gasteiger partial charge is 0.310 e. The number of hydrogen-bond acceptors (Lipinski definition) is 4. The molecule has 0 aromatic heterocycles. The van der Waals surface area contributed by atoms with Crippen LogP contribution in [0.4, 0.5) is 8.78 Å². The second-order valence-electron chi connectivity index (χ2n) is 5.51. The van der Waals surface area contributed by atoms with Crippen molar-refractivity contribution in [2.45, 2.75) is 40.2 Å². The zero-order valence-corrected chi connectivity index (χ0v) is 15.1. The summed E-state index contributed by atoms with van der Waals surface area (Å²) in [4.78, 5) is 11.6. The molecule has 0 unspecified atom stereocenters. The number of ether oxygens (including phenoxy) is 3. The Hall–Kier alpha value is -2.63. The summed E-state index contributed by atoms with van der Waals surface area (Å²) in [7, 11) is 0. The minimum atomic E-state index is -0.649. The van der Waals surface area contributed by atoms with Crippen LogP contribution in [0.3, 0.4) is 0 Å². The largest absolute Gasteiger partial charge is 0.493 e. The number of carbonyl (C=O) groups excluding carboxylic acids is 1. The summed E-state index contributed by atoms with van der Waals surface area (Å²) in [6.07, 6.45) is 0.588. The van der Waals surface area contributed by atoms with E-state index in [1.165, 1.54) is 0 Å². The van der Waals surface area contributed by atoms with E-state index in [1.807, 2.05) is 6.92 Å². The van der Waals surface area contributed by atoms with E-state index in [0.29, 0.717) is 24.3 Å². The third kappa shape index (κ3) is 4.71. The highest BCUT2D eigenvalue weighted by atomic mass is 19.1. The van der Waals surface area contributed by atoms with E-state index in [1.54, 1.807) is 32.0 Å². The highest BCUT2D eigenvalue weighted by molar-refractivity contribution is 5.72. The minimum Gasteiger partial charge on any atom is -0.493 e. The number of rotatable bonds is 8. The van der Waals surface area contributed by atoms with Crippen molar-refractivity contribution >= 4 is 5.97 Å². The summed E-state index contributed by atoms with van der Waals surface area (Å²) in [6, 6.07) is 7.13. The summed E-state index contributed by atoms with van der Waals surface area (Å²) in [6.45, 7) is 5.49. The fourth-order valence-electron chi connectivity index (χ4n) is 2.37. The van der Waals surface area contributed by atoms with E-state index >= 15 is 0 Å². The van der Waals surface area contributed by atoms with Crippen LogP contribution in [-0.2, 0) is 17.8 Å². The molecule has 0 saturated carbocycles. The molecule has 0 radical (unpaired) electrons. The first-order valence-corrected chi connectivity index (χ1v) is 8.56. The lowest BCUT2D eigenvalue weighted by molar-refractivity contribution is -0.134. The van der Waals surface area contributed by atoms with Crippen molar-refractivity contribution in [1.82, 2.24) is 0 Å². The molecule has 4 nitrogen and oxygen atoms in total. The van der Waals surface area contributed by atoms with Crippen molar-refractivity contribution in [3.05, 3.63) is 53.1 Å². The molecule has 0 heterocycles. The van der Waals surface area contributed by atoms with Crippen LogP contribution in [0, 0.1) is 11.6 Å². The third-order valence-electron chi connectivity index (χ3n) is 3.76. The van der Waals surface area contributed by atoms with Crippen LogP contribution in [-0.4, -0.2) is 12.6 Å². The molecule has 0 amide bonds. The zero-order valence-electron chi connectivity index (χ0n) is 15.1. The first-order chi connectivity index (χ1) is 12.5. The molecule has 0 saturated heterocycles. The molecular formula is C20H22F2O4. The Bertz CT molecular complexity index is 775. The van der Waals surface area contributed by atoms with Gasteiger partial charge in [0.05, 0.1) is 12.2 Å². The van der Waals surface area contributed by atoms with Gasteiger partial charge in [0, 0.05) is 12.5 Å². The van der Waals surface area contributed by atoms with Crippen LogP contribution < -0.4 is 14.2 Å². The maximum absolute atomic E-state index is 14.1. The minimum absolute atomic E-state index is 0.135. The van der Waals surface area contributed by atoms with Gasteiger partial charge in [-0.3, -0.25) is 4.79 Å². The van der Waals surface area contributed by atoms with Gasteiger partial charge >= 0.3 is 5.97 Å². The summed E-state index contributed by atoms with van der Waals surface area (Å²) < 4.78 is 44.3. The van der Waals surface area contributed by atoms with Gasteiger partial charge in [0.1, 0.15) is 23.9 Å². The molecule has 0 N–H and O–H groups in total. The number of carbonyl (C=O) groups is 1. The lowest BCUT2D eigenvalue weighted by Crippen LogP contribution is -2.10. The summed E-state index contributed by atoms with van der Waals surface area (Å²) in [5, 5.41) is 0. The van der Waals surface area contributed by atoms with Crippen molar-refractivity contribution in [3.8, 4) is 17.2 Å². The molecule has 0 bridgehead atoms. The van der Waals surface area contributed by atoms with E-state index < -0.39 is 17.6 Å². The second kappa shape index (κ2) is 9.17. The van der Waals surface area contributed by atoms with Crippen LogP contribution in [0.15, 0.2) is 30.3 Å². The van der Waals surface area contributed by atoms with Crippen molar-refractivity contribution < 1.29 is 27.8 Å². The second-order valence-corrected chi connectivity index (χ2v) is 5.51. The Morgan fingerprint density at radius 1 is 0.962 bits per heavy atom. The topological polar surface area (TPSA) is 44.8 Å². The SMILES string of the molecule is CCOc1cccc(OC(=O)CC)c1COc1cc(F)c(CC)cc1F. The van der Waals surface area contributed by atoms with Crippen LogP contribution >= 0.6 is 0 Å². The van der Waals surface area contributed by atoms with Gasteiger partial charge in [-0.25, -0.2) is 8.78 Å². The van der Waals surface area contributed by atoms with Gasteiger partial charge in [-0.05, 0) is 37.1 Å². The number of benzene rings is 2. The predicted octanol–water partition coefficient (Wildman–Crippen LogP) is 4.82. The maximum atomic E-state index is 14.1. The van der Waals surface area contributed by atoms with Crippen LogP contribution in [0.1, 0.15) is 38.3 Å². The Kier molecular flexibility index (Phi) is 6.95. The van der Waals surface area contributed by atoms with Crippen molar-refractivity contribution in [3.63, 3.8) is 0 Å². The van der Waals surface area contributed by atoms with Crippen LogP contribution in [0.2, 0.25) is 0 Å². The summed E-state index contributed by atoms with van der Waals surface area (Å²) >= 11 is 0. The van der Waals surface area contributed by atoms with E-state index in [4.69, 9.17) is 14.2 Å².